The van der Waals surface area contributed by atoms with Crippen molar-refractivity contribution in [2.24, 2.45) is 11.7 Å². The van der Waals surface area contributed by atoms with Gasteiger partial charge in [-0.1, -0.05) is 13.0 Å². The van der Waals surface area contributed by atoms with E-state index in [1.165, 1.54) is 4.90 Å². The highest BCUT2D eigenvalue weighted by Gasteiger charge is 2.37. The molecule has 5 heteroatoms. The number of amides is 1. The highest BCUT2D eigenvalue weighted by atomic mass is 79.9. The summed E-state index contributed by atoms with van der Waals surface area (Å²) in [4.78, 5) is 25.2. The van der Waals surface area contributed by atoms with Crippen LogP contribution in [0.4, 0.5) is 5.69 Å². The highest BCUT2D eigenvalue weighted by Crippen LogP contribution is 2.36. The van der Waals surface area contributed by atoms with Gasteiger partial charge in [-0.3, -0.25) is 9.59 Å². The molecule has 1 aromatic carbocycles. The Morgan fingerprint density at radius 1 is 1.41 bits per heavy atom. The van der Waals surface area contributed by atoms with Gasteiger partial charge in [-0.25, -0.2) is 0 Å². The molecule has 1 amide bonds. The largest absolute Gasteiger partial charge is 0.330 e. The fraction of sp³-hybridized carbons (Fsp3) is 0.333. The van der Waals surface area contributed by atoms with E-state index in [1.807, 2.05) is 13.0 Å². The first-order valence-corrected chi connectivity index (χ1v) is 6.20. The van der Waals surface area contributed by atoms with Crippen molar-refractivity contribution in [1.82, 2.24) is 0 Å². The maximum atomic E-state index is 11.9. The maximum absolute atomic E-state index is 11.9. The molecule has 1 aliphatic rings. The molecule has 0 saturated heterocycles. The number of carbonyl (C=O) groups excluding carboxylic acids is 2. The number of hydrogen-bond donors (Lipinski definition) is 1. The number of nitrogens with two attached hydrogens (primary N) is 1. The summed E-state index contributed by atoms with van der Waals surface area (Å²) < 4.78 is 0.762. The molecule has 0 saturated carbocycles. The van der Waals surface area contributed by atoms with Crippen LogP contribution in [-0.4, -0.2) is 24.8 Å². The summed E-state index contributed by atoms with van der Waals surface area (Å²) in [6, 6.07) is 5.25. The van der Waals surface area contributed by atoms with Crippen molar-refractivity contribution in [3.63, 3.8) is 0 Å². The average molecular weight is 297 g/mol. The van der Waals surface area contributed by atoms with Gasteiger partial charge in [0.1, 0.15) is 0 Å². The summed E-state index contributed by atoms with van der Waals surface area (Å²) in [5.74, 6) is -0.748. The Morgan fingerprint density at radius 3 is 2.76 bits per heavy atom. The molecule has 0 aliphatic carbocycles. The zero-order valence-corrected chi connectivity index (χ0v) is 11.0. The van der Waals surface area contributed by atoms with Crippen LogP contribution in [0.1, 0.15) is 17.3 Å². The van der Waals surface area contributed by atoms with Crippen LogP contribution in [0.3, 0.4) is 0 Å². The summed E-state index contributed by atoms with van der Waals surface area (Å²) in [5, 5.41) is 0. The van der Waals surface area contributed by atoms with Crippen LogP contribution in [0.25, 0.3) is 0 Å². The van der Waals surface area contributed by atoms with Gasteiger partial charge in [0.25, 0.3) is 11.7 Å². The summed E-state index contributed by atoms with van der Waals surface area (Å²) in [6.45, 7) is 2.90. The zero-order valence-electron chi connectivity index (χ0n) is 9.44. The van der Waals surface area contributed by atoms with Crippen molar-refractivity contribution < 1.29 is 9.59 Å². The summed E-state index contributed by atoms with van der Waals surface area (Å²) in [6.07, 6.45) is 0. The molecule has 1 aromatic rings. The Kier molecular flexibility index (Phi) is 3.31. The van der Waals surface area contributed by atoms with E-state index in [1.54, 1.807) is 12.1 Å². The molecule has 0 bridgehead atoms. The third kappa shape index (κ3) is 2.00. The minimum absolute atomic E-state index is 0.157. The second-order valence-electron chi connectivity index (χ2n) is 4.22. The number of carbonyl (C=O) groups is 2. The van der Waals surface area contributed by atoms with Gasteiger partial charge in [-0.15, -0.1) is 0 Å². The maximum Gasteiger partial charge on any atom is 0.299 e. The molecule has 0 spiro atoms. The molecule has 1 aliphatic heterocycles. The van der Waals surface area contributed by atoms with E-state index in [9.17, 15) is 9.59 Å². The number of hydrogen-bond acceptors (Lipinski definition) is 3. The van der Waals surface area contributed by atoms with E-state index in [2.05, 4.69) is 15.9 Å². The third-order valence-electron chi connectivity index (χ3n) is 2.84. The molecule has 1 unspecified atom stereocenters. The normalized spacial score (nSPS) is 16.3. The first kappa shape index (κ1) is 12.3. The second kappa shape index (κ2) is 4.58. The minimum Gasteiger partial charge on any atom is -0.330 e. The van der Waals surface area contributed by atoms with E-state index in [-0.39, 0.29) is 5.92 Å². The molecule has 0 fully saturated rings. The molecule has 2 N–H and O–H groups in total. The number of ketones is 1. The van der Waals surface area contributed by atoms with E-state index < -0.39 is 11.7 Å². The quantitative estimate of drug-likeness (QED) is 0.861. The predicted molar refractivity (Wildman–Crippen MR) is 69.0 cm³/mol. The molecule has 0 aromatic heterocycles. The molecule has 17 heavy (non-hydrogen) atoms. The lowest BCUT2D eigenvalue weighted by Gasteiger charge is -2.21. The Hall–Kier alpha value is -1.20. The van der Waals surface area contributed by atoms with Gasteiger partial charge in [0.2, 0.25) is 0 Å². The fourth-order valence-electron chi connectivity index (χ4n) is 1.87. The Balaban J connectivity index is 2.43. The van der Waals surface area contributed by atoms with Crippen molar-refractivity contribution in [2.75, 3.05) is 18.0 Å². The van der Waals surface area contributed by atoms with Crippen LogP contribution in [-0.2, 0) is 4.79 Å². The van der Waals surface area contributed by atoms with Crippen molar-refractivity contribution in [2.45, 2.75) is 6.92 Å². The summed E-state index contributed by atoms with van der Waals surface area (Å²) in [7, 11) is 0. The Labute approximate surface area is 108 Å². The van der Waals surface area contributed by atoms with Crippen LogP contribution in [0.5, 0.6) is 0 Å². The van der Waals surface area contributed by atoms with Gasteiger partial charge in [0.05, 0.1) is 11.3 Å². The minimum atomic E-state index is -0.466. The second-order valence-corrected chi connectivity index (χ2v) is 5.08. The average Bonchev–Trinajstić information content (AvgIpc) is 2.56. The van der Waals surface area contributed by atoms with Crippen LogP contribution < -0.4 is 10.6 Å². The SMILES string of the molecule is CC(CN)CN1C(=O)C(=O)c2cccc(Br)c21. The molecule has 0 radical (unpaired) electrons. The molecule has 1 heterocycles. The predicted octanol–water partition coefficient (Wildman–Crippen LogP) is 1.57. The van der Waals surface area contributed by atoms with Crippen LogP contribution in [0, 0.1) is 5.92 Å². The fourth-order valence-corrected chi connectivity index (χ4v) is 2.45. The lowest BCUT2D eigenvalue weighted by molar-refractivity contribution is -0.114. The van der Waals surface area contributed by atoms with E-state index >= 15 is 0 Å². The molecule has 2 rings (SSSR count). The lowest BCUT2D eigenvalue weighted by Crippen LogP contribution is -2.35. The number of fused-ring (bicyclic) bond motifs is 1. The zero-order chi connectivity index (χ0) is 12.6. The number of para-hydroxylation sites is 1. The molecular formula is C12H13BrN2O2. The Morgan fingerprint density at radius 2 is 2.12 bits per heavy atom. The van der Waals surface area contributed by atoms with E-state index in [4.69, 9.17) is 5.73 Å². The number of Topliss-reactive ketones (excluding diaryl/α,β-unsaturated/α-hetero) is 1. The van der Waals surface area contributed by atoms with E-state index in [0.29, 0.717) is 24.3 Å². The van der Waals surface area contributed by atoms with Crippen LogP contribution >= 0.6 is 15.9 Å². The molecule has 4 nitrogen and oxygen atoms in total. The number of benzene rings is 1. The molecule has 90 valence electrons. The number of rotatable bonds is 3. The first-order chi connectivity index (χ1) is 8.06. The summed E-state index contributed by atoms with van der Waals surface area (Å²) in [5.41, 5.74) is 6.69. The standard InChI is InChI=1S/C12H13BrN2O2/c1-7(5-14)6-15-10-8(11(16)12(15)17)3-2-4-9(10)13/h2-4,7H,5-6,14H2,1H3. The van der Waals surface area contributed by atoms with Gasteiger partial charge >= 0.3 is 0 Å². The van der Waals surface area contributed by atoms with Gasteiger partial charge in [0.15, 0.2) is 0 Å². The van der Waals surface area contributed by atoms with Crippen molar-refractivity contribution in [3.05, 3.63) is 28.2 Å². The number of nitrogens with zero attached hydrogens (tertiary/aromatic N) is 1. The van der Waals surface area contributed by atoms with Gasteiger partial charge in [-0.05, 0) is 40.5 Å². The van der Waals surface area contributed by atoms with Gasteiger partial charge in [0, 0.05) is 11.0 Å². The summed E-state index contributed by atoms with van der Waals surface area (Å²) >= 11 is 3.38. The monoisotopic (exact) mass is 296 g/mol. The molecule has 1 atom stereocenters. The third-order valence-corrected chi connectivity index (χ3v) is 3.48. The van der Waals surface area contributed by atoms with Gasteiger partial charge in [-0.2, -0.15) is 0 Å². The van der Waals surface area contributed by atoms with Crippen molar-refractivity contribution in [3.8, 4) is 0 Å². The van der Waals surface area contributed by atoms with Crippen LogP contribution in [0.15, 0.2) is 22.7 Å². The topological polar surface area (TPSA) is 63.4 Å². The van der Waals surface area contributed by atoms with Gasteiger partial charge < -0.3 is 10.6 Å². The Bertz CT molecular complexity index is 487. The molecular weight excluding hydrogens is 284 g/mol. The first-order valence-electron chi connectivity index (χ1n) is 5.41. The highest BCUT2D eigenvalue weighted by molar-refractivity contribution is 9.10. The van der Waals surface area contributed by atoms with E-state index in [0.717, 1.165) is 4.47 Å². The van der Waals surface area contributed by atoms with Crippen LogP contribution in [0.2, 0.25) is 0 Å². The number of halogens is 1. The van der Waals surface area contributed by atoms with Crippen molar-refractivity contribution in [1.29, 1.82) is 0 Å². The lowest BCUT2D eigenvalue weighted by atomic mass is 10.1. The smallest absolute Gasteiger partial charge is 0.299 e. The van der Waals surface area contributed by atoms with Crippen molar-refractivity contribution >= 4 is 33.3 Å². The number of anilines is 1.